The zero-order valence-electron chi connectivity index (χ0n) is 13.4. The van der Waals surface area contributed by atoms with Gasteiger partial charge in [-0.1, -0.05) is 30.3 Å². The van der Waals surface area contributed by atoms with Gasteiger partial charge in [0.1, 0.15) is 11.6 Å². The Kier molecular flexibility index (Phi) is 3.97. The van der Waals surface area contributed by atoms with Crippen LogP contribution < -0.4 is 4.90 Å². The van der Waals surface area contributed by atoms with Crippen molar-refractivity contribution in [3.05, 3.63) is 54.0 Å². The van der Waals surface area contributed by atoms with Crippen molar-refractivity contribution >= 4 is 5.82 Å². The number of rotatable bonds is 3. The third kappa shape index (κ3) is 3.07. The summed E-state index contributed by atoms with van der Waals surface area (Å²) >= 11 is 0. The first-order valence-electron chi connectivity index (χ1n) is 8.24. The highest BCUT2D eigenvalue weighted by molar-refractivity contribution is 5.40. The number of morpholine rings is 1. The molecule has 0 N–H and O–H groups in total. The Bertz CT molecular complexity index is 663. The first kappa shape index (κ1) is 14.6. The van der Waals surface area contributed by atoms with E-state index in [4.69, 9.17) is 4.74 Å². The van der Waals surface area contributed by atoms with Crippen LogP contribution in [0.1, 0.15) is 11.4 Å². The Morgan fingerprint density at radius 1 is 1.17 bits per heavy atom. The minimum Gasteiger partial charge on any atom is -0.373 e. The summed E-state index contributed by atoms with van der Waals surface area (Å²) in [4.78, 5) is 13.6. The number of ether oxygens (including phenoxy) is 1. The van der Waals surface area contributed by atoms with Gasteiger partial charge in [-0.15, -0.1) is 0 Å². The van der Waals surface area contributed by atoms with E-state index in [0.29, 0.717) is 6.04 Å². The SMILES string of the molecule is Cc1nccc(N2CC3OCCN(Cc4ccccc4)C3C2)n1. The Balaban J connectivity index is 1.50. The molecule has 1 aromatic carbocycles. The van der Waals surface area contributed by atoms with Crippen LogP contribution in [0.15, 0.2) is 42.6 Å². The van der Waals surface area contributed by atoms with Gasteiger partial charge in [-0.2, -0.15) is 0 Å². The second kappa shape index (κ2) is 6.26. The average Bonchev–Trinajstić information content (AvgIpc) is 3.01. The fourth-order valence-corrected chi connectivity index (χ4v) is 3.58. The summed E-state index contributed by atoms with van der Waals surface area (Å²) in [5.41, 5.74) is 1.37. The maximum Gasteiger partial charge on any atom is 0.132 e. The molecule has 0 aliphatic carbocycles. The second-order valence-electron chi connectivity index (χ2n) is 6.30. The van der Waals surface area contributed by atoms with Gasteiger partial charge in [0.05, 0.1) is 18.8 Å². The normalized spacial score (nSPS) is 24.7. The van der Waals surface area contributed by atoms with Crippen LogP contribution in [-0.2, 0) is 11.3 Å². The van der Waals surface area contributed by atoms with Gasteiger partial charge in [0.25, 0.3) is 0 Å². The van der Waals surface area contributed by atoms with Gasteiger partial charge in [-0.05, 0) is 18.6 Å². The van der Waals surface area contributed by atoms with Crippen LogP contribution in [0, 0.1) is 6.92 Å². The van der Waals surface area contributed by atoms with E-state index in [1.54, 1.807) is 0 Å². The van der Waals surface area contributed by atoms with E-state index in [2.05, 4.69) is 50.1 Å². The molecule has 23 heavy (non-hydrogen) atoms. The maximum atomic E-state index is 6.03. The highest BCUT2D eigenvalue weighted by Crippen LogP contribution is 2.27. The molecular formula is C18H22N4O. The monoisotopic (exact) mass is 310 g/mol. The number of aromatic nitrogens is 2. The minimum atomic E-state index is 0.266. The molecule has 0 spiro atoms. The number of benzene rings is 1. The van der Waals surface area contributed by atoms with Crippen LogP contribution in [0.4, 0.5) is 5.82 Å². The van der Waals surface area contributed by atoms with Gasteiger partial charge in [0, 0.05) is 32.4 Å². The standard InChI is InChI=1S/C18H22N4O/c1-14-19-8-7-18(20-14)22-12-16-17(13-22)23-10-9-21(16)11-15-5-3-2-4-6-15/h2-8,16-17H,9-13H2,1H3. The van der Waals surface area contributed by atoms with E-state index in [-0.39, 0.29) is 6.10 Å². The van der Waals surface area contributed by atoms with Crippen LogP contribution in [0.2, 0.25) is 0 Å². The van der Waals surface area contributed by atoms with Gasteiger partial charge in [0.2, 0.25) is 0 Å². The molecule has 4 rings (SSSR count). The fourth-order valence-electron chi connectivity index (χ4n) is 3.58. The molecule has 0 saturated carbocycles. The molecule has 0 radical (unpaired) electrons. The van der Waals surface area contributed by atoms with Crippen molar-refractivity contribution in [3.8, 4) is 0 Å². The lowest BCUT2D eigenvalue weighted by atomic mass is 10.1. The summed E-state index contributed by atoms with van der Waals surface area (Å²) < 4.78 is 6.03. The highest BCUT2D eigenvalue weighted by atomic mass is 16.5. The number of hydrogen-bond donors (Lipinski definition) is 0. The Labute approximate surface area is 136 Å². The molecule has 1 aromatic heterocycles. The van der Waals surface area contributed by atoms with Crippen molar-refractivity contribution in [1.82, 2.24) is 14.9 Å². The average molecular weight is 310 g/mol. The molecule has 0 bridgehead atoms. The Morgan fingerprint density at radius 2 is 2.04 bits per heavy atom. The van der Waals surface area contributed by atoms with E-state index >= 15 is 0 Å². The molecule has 2 unspecified atom stereocenters. The van der Waals surface area contributed by atoms with E-state index in [0.717, 1.165) is 44.4 Å². The zero-order chi connectivity index (χ0) is 15.6. The Morgan fingerprint density at radius 3 is 2.87 bits per heavy atom. The summed E-state index contributed by atoms with van der Waals surface area (Å²) in [6, 6.07) is 13.1. The van der Waals surface area contributed by atoms with Crippen molar-refractivity contribution in [2.75, 3.05) is 31.1 Å². The van der Waals surface area contributed by atoms with E-state index in [9.17, 15) is 0 Å². The van der Waals surface area contributed by atoms with Gasteiger partial charge in [-0.25, -0.2) is 9.97 Å². The summed E-state index contributed by atoms with van der Waals surface area (Å²) in [7, 11) is 0. The number of nitrogens with zero attached hydrogens (tertiary/aromatic N) is 4. The lowest BCUT2D eigenvalue weighted by Crippen LogP contribution is -2.50. The van der Waals surface area contributed by atoms with Gasteiger partial charge in [0.15, 0.2) is 0 Å². The first-order chi connectivity index (χ1) is 11.3. The van der Waals surface area contributed by atoms with Crippen molar-refractivity contribution in [2.45, 2.75) is 25.6 Å². The third-order valence-corrected chi connectivity index (χ3v) is 4.73. The van der Waals surface area contributed by atoms with Crippen LogP contribution in [0.5, 0.6) is 0 Å². The van der Waals surface area contributed by atoms with Crippen LogP contribution in [0.25, 0.3) is 0 Å². The highest BCUT2D eigenvalue weighted by Gasteiger charge is 2.40. The number of aryl methyl sites for hydroxylation is 1. The molecular weight excluding hydrogens is 288 g/mol. The topological polar surface area (TPSA) is 41.5 Å². The summed E-state index contributed by atoms with van der Waals surface area (Å²) in [5.74, 6) is 1.83. The van der Waals surface area contributed by atoms with Gasteiger partial charge in [-0.3, -0.25) is 4.90 Å². The predicted molar refractivity (Wildman–Crippen MR) is 89.4 cm³/mol. The molecule has 3 heterocycles. The van der Waals surface area contributed by atoms with Gasteiger partial charge >= 0.3 is 0 Å². The molecule has 2 fully saturated rings. The van der Waals surface area contributed by atoms with Crippen LogP contribution >= 0.6 is 0 Å². The molecule has 2 aliphatic rings. The predicted octanol–water partition coefficient (Wildman–Crippen LogP) is 1.87. The maximum absolute atomic E-state index is 6.03. The quantitative estimate of drug-likeness (QED) is 0.866. The second-order valence-corrected chi connectivity index (χ2v) is 6.30. The summed E-state index contributed by atoms with van der Waals surface area (Å²) in [6.07, 6.45) is 2.10. The smallest absolute Gasteiger partial charge is 0.132 e. The minimum absolute atomic E-state index is 0.266. The Hall–Kier alpha value is -1.98. The first-order valence-corrected chi connectivity index (χ1v) is 8.24. The molecule has 2 aliphatic heterocycles. The van der Waals surface area contributed by atoms with Crippen LogP contribution in [0.3, 0.4) is 0 Å². The molecule has 2 atom stereocenters. The largest absolute Gasteiger partial charge is 0.373 e. The number of anilines is 1. The van der Waals surface area contributed by atoms with Gasteiger partial charge < -0.3 is 9.64 Å². The molecule has 5 nitrogen and oxygen atoms in total. The third-order valence-electron chi connectivity index (χ3n) is 4.73. The fraction of sp³-hybridized carbons (Fsp3) is 0.444. The van der Waals surface area contributed by atoms with Crippen molar-refractivity contribution in [1.29, 1.82) is 0 Å². The zero-order valence-corrected chi connectivity index (χ0v) is 13.4. The van der Waals surface area contributed by atoms with E-state index in [1.165, 1.54) is 5.56 Å². The number of fused-ring (bicyclic) bond motifs is 1. The van der Waals surface area contributed by atoms with E-state index in [1.807, 2.05) is 19.2 Å². The van der Waals surface area contributed by atoms with Crippen molar-refractivity contribution in [2.24, 2.45) is 0 Å². The van der Waals surface area contributed by atoms with E-state index < -0.39 is 0 Å². The molecule has 2 aromatic rings. The van der Waals surface area contributed by atoms with Crippen molar-refractivity contribution < 1.29 is 4.74 Å². The lowest BCUT2D eigenvalue weighted by molar-refractivity contribution is -0.0499. The molecule has 2 saturated heterocycles. The summed E-state index contributed by atoms with van der Waals surface area (Å²) in [6.45, 7) is 6.60. The molecule has 5 heteroatoms. The lowest BCUT2D eigenvalue weighted by Gasteiger charge is -2.36. The van der Waals surface area contributed by atoms with Crippen molar-refractivity contribution in [3.63, 3.8) is 0 Å². The van der Waals surface area contributed by atoms with Crippen LogP contribution in [-0.4, -0.2) is 53.3 Å². The molecule has 0 amide bonds. The molecule has 120 valence electrons. The summed E-state index contributed by atoms with van der Waals surface area (Å²) in [5, 5.41) is 0. The number of hydrogen-bond acceptors (Lipinski definition) is 5.